The van der Waals surface area contributed by atoms with E-state index in [1.165, 1.54) is 25.7 Å². The lowest BCUT2D eigenvalue weighted by Crippen LogP contribution is -2.30. The molecule has 0 heterocycles. The highest BCUT2D eigenvalue weighted by Crippen LogP contribution is 2.34. The van der Waals surface area contributed by atoms with Crippen molar-refractivity contribution in [2.45, 2.75) is 72.3 Å². The molecule has 2 heteroatoms. The van der Waals surface area contributed by atoms with Gasteiger partial charge in [-0.05, 0) is 23.8 Å². The highest BCUT2D eigenvalue weighted by atomic mass is 16.1. The molecule has 0 radical (unpaired) electrons. The van der Waals surface area contributed by atoms with Crippen LogP contribution in [-0.4, -0.2) is 5.91 Å². The molecule has 118 valence electrons. The fourth-order valence-electron chi connectivity index (χ4n) is 2.76. The maximum absolute atomic E-state index is 12.2. The van der Waals surface area contributed by atoms with Crippen LogP contribution in [-0.2, 0) is 11.3 Å². The van der Waals surface area contributed by atoms with Crippen molar-refractivity contribution in [1.29, 1.82) is 0 Å². The molecular weight excluding hydrogens is 258 g/mol. The van der Waals surface area contributed by atoms with Crippen molar-refractivity contribution in [3.63, 3.8) is 0 Å². The zero-order chi connectivity index (χ0) is 15.6. The summed E-state index contributed by atoms with van der Waals surface area (Å²) in [4.78, 5) is 12.2. The Bertz CT molecular complexity index is 391. The first-order valence-electron chi connectivity index (χ1n) is 8.40. The molecule has 0 atom stereocenters. The monoisotopic (exact) mass is 289 g/mol. The van der Waals surface area contributed by atoms with E-state index in [9.17, 15) is 4.79 Å². The number of carbonyl (C=O) groups excluding carboxylic acids is 1. The quantitative estimate of drug-likeness (QED) is 0.639. The molecule has 0 spiro atoms. The van der Waals surface area contributed by atoms with Crippen molar-refractivity contribution in [3.05, 3.63) is 35.9 Å². The third-order valence-corrected chi connectivity index (χ3v) is 4.19. The van der Waals surface area contributed by atoms with Gasteiger partial charge in [0.15, 0.2) is 0 Å². The molecule has 0 saturated heterocycles. The van der Waals surface area contributed by atoms with Crippen LogP contribution in [0.15, 0.2) is 30.3 Å². The predicted molar refractivity (Wildman–Crippen MR) is 90.1 cm³/mol. The normalized spacial score (nSPS) is 11.4. The van der Waals surface area contributed by atoms with Gasteiger partial charge in [0.2, 0.25) is 5.91 Å². The molecule has 1 aromatic rings. The van der Waals surface area contributed by atoms with Gasteiger partial charge < -0.3 is 5.32 Å². The van der Waals surface area contributed by atoms with Crippen LogP contribution in [0.2, 0.25) is 0 Å². The Morgan fingerprint density at radius 1 is 1.05 bits per heavy atom. The van der Waals surface area contributed by atoms with E-state index in [4.69, 9.17) is 0 Å². The summed E-state index contributed by atoms with van der Waals surface area (Å²) in [7, 11) is 0. The van der Waals surface area contributed by atoms with Crippen LogP contribution in [0.3, 0.4) is 0 Å². The number of nitrogens with one attached hydrogen (secondary N) is 1. The Morgan fingerprint density at radius 2 is 1.62 bits per heavy atom. The molecule has 0 unspecified atom stereocenters. The second-order valence-corrected chi connectivity index (χ2v) is 6.46. The maximum atomic E-state index is 12.2. The van der Waals surface area contributed by atoms with Crippen LogP contribution in [0.5, 0.6) is 0 Å². The van der Waals surface area contributed by atoms with Crippen LogP contribution in [0.25, 0.3) is 0 Å². The van der Waals surface area contributed by atoms with Crippen molar-refractivity contribution in [2.24, 2.45) is 5.41 Å². The molecule has 1 amide bonds. The fourth-order valence-corrected chi connectivity index (χ4v) is 2.76. The lowest BCUT2D eigenvalue weighted by molar-refractivity contribution is -0.123. The number of rotatable bonds is 10. The van der Waals surface area contributed by atoms with Crippen LogP contribution < -0.4 is 5.32 Å². The van der Waals surface area contributed by atoms with E-state index in [1.54, 1.807) is 0 Å². The minimum atomic E-state index is 0.160. The number of hydrogen-bond donors (Lipinski definition) is 1. The summed E-state index contributed by atoms with van der Waals surface area (Å²) in [5.74, 6) is 0.188. The van der Waals surface area contributed by atoms with E-state index in [0.717, 1.165) is 18.4 Å². The summed E-state index contributed by atoms with van der Waals surface area (Å²) in [6.07, 6.45) is 7.80. The number of hydrogen-bond acceptors (Lipinski definition) is 1. The third-order valence-electron chi connectivity index (χ3n) is 4.19. The van der Waals surface area contributed by atoms with Gasteiger partial charge in [-0.25, -0.2) is 0 Å². The average molecular weight is 289 g/mol. The Hall–Kier alpha value is -1.31. The Morgan fingerprint density at radius 3 is 2.14 bits per heavy atom. The van der Waals surface area contributed by atoms with E-state index in [1.807, 2.05) is 30.3 Å². The van der Waals surface area contributed by atoms with E-state index >= 15 is 0 Å². The summed E-state index contributed by atoms with van der Waals surface area (Å²) in [6, 6.07) is 10.1. The molecule has 0 aliphatic carbocycles. The van der Waals surface area contributed by atoms with Gasteiger partial charge in [-0.1, -0.05) is 76.8 Å². The van der Waals surface area contributed by atoms with E-state index in [0.29, 0.717) is 13.0 Å². The van der Waals surface area contributed by atoms with Crippen molar-refractivity contribution in [2.75, 3.05) is 0 Å². The van der Waals surface area contributed by atoms with Gasteiger partial charge in [0.25, 0.3) is 0 Å². The second-order valence-electron chi connectivity index (χ2n) is 6.46. The van der Waals surface area contributed by atoms with Gasteiger partial charge >= 0.3 is 0 Å². The summed E-state index contributed by atoms with van der Waals surface area (Å²) >= 11 is 0. The van der Waals surface area contributed by atoms with Gasteiger partial charge in [0.1, 0.15) is 0 Å². The Balaban J connectivity index is 2.46. The molecular formula is C19H31NO. The summed E-state index contributed by atoms with van der Waals surface area (Å²) in [6.45, 7) is 7.35. The van der Waals surface area contributed by atoms with Gasteiger partial charge in [0, 0.05) is 13.0 Å². The van der Waals surface area contributed by atoms with Gasteiger partial charge in [-0.15, -0.1) is 0 Å². The molecule has 0 aliphatic heterocycles. The molecule has 1 aromatic carbocycles. The number of carbonyl (C=O) groups is 1. The van der Waals surface area contributed by atoms with Gasteiger partial charge in [-0.3, -0.25) is 4.79 Å². The highest BCUT2D eigenvalue weighted by molar-refractivity contribution is 5.76. The lowest BCUT2D eigenvalue weighted by Gasteiger charge is -2.29. The molecule has 0 aliphatic rings. The van der Waals surface area contributed by atoms with Crippen molar-refractivity contribution >= 4 is 5.91 Å². The largest absolute Gasteiger partial charge is 0.352 e. The van der Waals surface area contributed by atoms with Crippen LogP contribution in [0.1, 0.15) is 71.3 Å². The van der Waals surface area contributed by atoms with E-state index < -0.39 is 0 Å². The van der Waals surface area contributed by atoms with Gasteiger partial charge in [-0.2, -0.15) is 0 Å². The summed E-state index contributed by atoms with van der Waals surface area (Å²) < 4.78 is 0. The molecule has 1 N–H and O–H groups in total. The smallest absolute Gasteiger partial charge is 0.220 e. The second kappa shape index (κ2) is 9.59. The third kappa shape index (κ3) is 7.31. The lowest BCUT2D eigenvalue weighted by atomic mass is 9.77. The minimum absolute atomic E-state index is 0.160. The van der Waals surface area contributed by atoms with Crippen LogP contribution in [0.4, 0.5) is 0 Å². The average Bonchev–Trinajstić information content (AvgIpc) is 2.50. The molecule has 0 aromatic heterocycles. The zero-order valence-corrected chi connectivity index (χ0v) is 14.0. The molecule has 0 saturated carbocycles. The minimum Gasteiger partial charge on any atom is -0.352 e. The standard InChI is InChI=1S/C19H31NO/c1-4-6-13-19(3,14-7-5-2)15-18(21)20-16-17-11-9-8-10-12-17/h8-12H,4-7,13-16H2,1-3H3,(H,20,21). The highest BCUT2D eigenvalue weighted by Gasteiger charge is 2.26. The first-order valence-corrected chi connectivity index (χ1v) is 8.40. The topological polar surface area (TPSA) is 29.1 Å². The maximum Gasteiger partial charge on any atom is 0.220 e. The molecule has 0 bridgehead atoms. The molecule has 0 fully saturated rings. The number of unbranched alkanes of at least 4 members (excludes halogenated alkanes) is 2. The molecule has 21 heavy (non-hydrogen) atoms. The predicted octanol–water partition coefficient (Wildman–Crippen LogP) is 5.08. The van der Waals surface area contributed by atoms with E-state index in [2.05, 4.69) is 26.1 Å². The molecule has 2 nitrogen and oxygen atoms in total. The van der Waals surface area contributed by atoms with Crippen LogP contribution in [0, 0.1) is 5.41 Å². The Labute approximate surface area is 130 Å². The summed E-state index contributed by atoms with van der Waals surface area (Å²) in [5.41, 5.74) is 1.32. The van der Waals surface area contributed by atoms with Crippen LogP contribution >= 0.6 is 0 Å². The van der Waals surface area contributed by atoms with Gasteiger partial charge in [0.05, 0.1) is 0 Å². The number of benzene rings is 1. The van der Waals surface area contributed by atoms with Crippen molar-refractivity contribution in [1.82, 2.24) is 5.32 Å². The fraction of sp³-hybridized carbons (Fsp3) is 0.632. The van der Waals surface area contributed by atoms with E-state index in [-0.39, 0.29) is 11.3 Å². The molecule has 1 rings (SSSR count). The first-order chi connectivity index (χ1) is 10.1. The zero-order valence-electron chi connectivity index (χ0n) is 14.0. The SMILES string of the molecule is CCCCC(C)(CCCC)CC(=O)NCc1ccccc1. The van der Waals surface area contributed by atoms with Crippen molar-refractivity contribution < 1.29 is 4.79 Å². The van der Waals surface area contributed by atoms with Crippen molar-refractivity contribution in [3.8, 4) is 0 Å². The summed E-state index contributed by atoms with van der Waals surface area (Å²) in [5, 5.41) is 3.07. The number of amides is 1. The Kier molecular flexibility index (Phi) is 8.11. The first kappa shape index (κ1) is 17.7.